The smallest absolute Gasteiger partial charge is 0.0657 e. The van der Waals surface area contributed by atoms with Gasteiger partial charge in [0.2, 0.25) is 0 Å². The van der Waals surface area contributed by atoms with Gasteiger partial charge < -0.3 is 14.8 Å². The molecule has 3 nitrogen and oxygen atoms in total. The molecule has 3 heteroatoms. The predicted octanol–water partition coefficient (Wildman–Crippen LogP) is 2.78. The van der Waals surface area contributed by atoms with Gasteiger partial charge in [-0.1, -0.05) is 44.2 Å². The van der Waals surface area contributed by atoms with E-state index >= 15 is 0 Å². The Hall–Kier alpha value is -0.900. The SMILES string of the molecule is COCC(NC1CC(OC)C1(C)C)c1ccccc1. The first-order valence-electron chi connectivity index (χ1n) is 6.92. The Bertz CT molecular complexity index is 391. The number of benzene rings is 1. The molecule has 2 rings (SSSR count). The Kier molecular flexibility index (Phi) is 4.61. The van der Waals surface area contributed by atoms with Gasteiger partial charge in [-0.2, -0.15) is 0 Å². The summed E-state index contributed by atoms with van der Waals surface area (Å²) in [5, 5.41) is 3.72. The Morgan fingerprint density at radius 2 is 1.95 bits per heavy atom. The summed E-state index contributed by atoms with van der Waals surface area (Å²) in [6.07, 6.45) is 1.42. The minimum absolute atomic E-state index is 0.176. The van der Waals surface area contributed by atoms with Crippen molar-refractivity contribution in [3.05, 3.63) is 35.9 Å². The molecule has 19 heavy (non-hydrogen) atoms. The number of nitrogens with one attached hydrogen (secondary N) is 1. The summed E-state index contributed by atoms with van der Waals surface area (Å²) in [4.78, 5) is 0. The third-order valence-electron chi connectivity index (χ3n) is 4.40. The summed E-state index contributed by atoms with van der Waals surface area (Å²) in [5.41, 5.74) is 1.45. The van der Waals surface area contributed by atoms with E-state index < -0.39 is 0 Å². The molecule has 0 saturated heterocycles. The first-order chi connectivity index (χ1) is 9.09. The fourth-order valence-corrected chi connectivity index (χ4v) is 2.90. The van der Waals surface area contributed by atoms with E-state index in [1.54, 1.807) is 14.2 Å². The predicted molar refractivity (Wildman–Crippen MR) is 77.2 cm³/mol. The number of ether oxygens (including phenoxy) is 2. The molecular weight excluding hydrogens is 238 g/mol. The Morgan fingerprint density at radius 3 is 2.47 bits per heavy atom. The molecule has 1 fully saturated rings. The molecule has 0 bridgehead atoms. The van der Waals surface area contributed by atoms with Crippen LogP contribution in [0.1, 0.15) is 31.9 Å². The van der Waals surface area contributed by atoms with Gasteiger partial charge in [-0.05, 0) is 12.0 Å². The van der Waals surface area contributed by atoms with Gasteiger partial charge in [0.1, 0.15) is 0 Å². The summed E-state index contributed by atoms with van der Waals surface area (Å²) in [5.74, 6) is 0. The molecule has 3 unspecified atom stereocenters. The molecule has 1 aliphatic rings. The van der Waals surface area contributed by atoms with Gasteiger partial charge in [-0.3, -0.25) is 0 Å². The van der Waals surface area contributed by atoms with E-state index in [0.29, 0.717) is 18.8 Å². The topological polar surface area (TPSA) is 30.5 Å². The highest BCUT2D eigenvalue weighted by molar-refractivity contribution is 5.20. The van der Waals surface area contributed by atoms with E-state index in [2.05, 4.69) is 43.4 Å². The Morgan fingerprint density at radius 1 is 1.26 bits per heavy atom. The van der Waals surface area contributed by atoms with Crippen molar-refractivity contribution in [1.29, 1.82) is 0 Å². The Labute approximate surface area is 116 Å². The van der Waals surface area contributed by atoms with Gasteiger partial charge in [-0.15, -0.1) is 0 Å². The van der Waals surface area contributed by atoms with Crippen molar-refractivity contribution >= 4 is 0 Å². The molecule has 0 radical (unpaired) electrons. The number of methoxy groups -OCH3 is 2. The first kappa shape index (κ1) is 14.5. The zero-order chi connectivity index (χ0) is 13.9. The van der Waals surface area contributed by atoms with Crippen molar-refractivity contribution in [2.24, 2.45) is 5.41 Å². The zero-order valence-electron chi connectivity index (χ0n) is 12.3. The Balaban J connectivity index is 2.03. The van der Waals surface area contributed by atoms with E-state index in [4.69, 9.17) is 9.47 Å². The summed E-state index contributed by atoms with van der Waals surface area (Å²) in [6, 6.07) is 11.2. The maximum atomic E-state index is 5.51. The molecule has 1 saturated carbocycles. The standard InChI is InChI=1S/C16H25NO2/c1-16(2)14(10-15(16)19-4)17-13(11-18-3)12-8-6-5-7-9-12/h5-9,13-15,17H,10-11H2,1-4H3. The normalized spacial score (nSPS) is 26.7. The molecule has 0 amide bonds. The molecule has 0 aromatic heterocycles. The van der Waals surface area contributed by atoms with Crippen LogP contribution in [0.2, 0.25) is 0 Å². The van der Waals surface area contributed by atoms with Crippen LogP contribution in [0.15, 0.2) is 30.3 Å². The average Bonchev–Trinajstić information content (AvgIpc) is 2.42. The molecule has 106 valence electrons. The molecule has 1 aromatic carbocycles. The fourth-order valence-electron chi connectivity index (χ4n) is 2.90. The van der Waals surface area contributed by atoms with Crippen molar-refractivity contribution in [3.8, 4) is 0 Å². The summed E-state index contributed by atoms with van der Waals surface area (Å²) in [7, 11) is 3.55. The van der Waals surface area contributed by atoms with Crippen LogP contribution in [0.3, 0.4) is 0 Å². The van der Waals surface area contributed by atoms with E-state index in [1.165, 1.54) is 5.56 Å². The van der Waals surface area contributed by atoms with Gasteiger partial charge in [0.15, 0.2) is 0 Å². The van der Waals surface area contributed by atoms with Crippen molar-refractivity contribution in [1.82, 2.24) is 5.32 Å². The second-order valence-corrected chi connectivity index (χ2v) is 5.92. The molecule has 1 N–H and O–H groups in total. The number of rotatable bonds is 6. The van der Waals surface area contributed by atoms with Gasteiger partial charge in [-0.25, -0.2) is 0 Å². The van der Waals surface area contributed by atoms with Crippen LogP contribution in [0.5, 0.6) is 0 Å². The van der Waals surface area contributed by atoms with Crippen molar-refractivity contribution < 1.29 is 9.47 Å². The molecule has 0 heterocycles. The van der Waals surface area contributed by atoms with Gasteiger partial charge in [0, 0.05) is 25.7 Å². The lowest BCUT2D eigenvalue weighted by molar-refractivity contribution is -0.102. The maximum Gasteiger partial charge on any atom is 0.0657 e. The van der Waals surface area contributed by atoms with Crippen molar-refractivity contribution in [2.75, 3.05) is 20.8 Å². The molecular formula is C16H25NO2. The molecule has 0 spiro atoms. The molecule has 1 aliphatic carbocycles. The fraction of sp³-hybridized carbons (Fsp3) is 0.625. The monoisotopic (exact) mass is 263 g/mol. The lowest BCUT2D eigenvalue weighted by Crippen LogP contribution is -2.61. The van der Waals surface area contributed by atoms with Gasteiger partial charge in [0.05, 0.1) is 18.8 Å². The molecule has 3 atom stereocenters. The minimum Gasteiger partial charge on any atom is -0.383 e. The lowest BCUT2D eigenvalue weighted by Gasteiger charge is -2.52. The van der Waals surface area contributed by atoms with E-state index in [9.17, 15) is 0 Å². The van der Waals surface area contributed by atoms with Crippen LogP contribution < -0.4 is 5.32 Å². The third kappa shape index (κ3) is 2.99. The average molecular weight is 263 g/mol. The summed E-state index contributed by atoms with van der Waals surface area (Å²) in [6.45, 7) is 5.21. The molecule has 1 aromatic rings. The van der Waals surface area contributed by atoms with Crippen molar-refractivity contribution in [3.63, 3.8) is 0 Å². The highest BCUT2D eigenvalue weighted by atomic mass is 16.5. The minimum atomic E-state index is 0.176. The van der Waals surface area contributed by atoms with E-state index in [1.807, 2.05) is 6.07 Å². The third-order valence-corrected chi connectivity index (χ3v) is 4.40. The second-order valence-electron chi connectivity index (χ2n) is 5.92. The van der Waals surface area contributed by atoms with Crippen LogP contribution in [0.4, 0.5) is 0 Å². The molecule has 0 aliphatic heterocycles. The van der Waals surface area contributed by atoms with Gasteiger partial charge >= 0.3 is 0 Å². The highest BCUT2D eigenvalue weighted by Gasteiger charge is 2.49. The summed E-state index contributed by atoms with van der Waals surface area (Å²) < 4.78 is 10.9. The van der Waals surface area contributed by atoms with Crippen LogP contribution >= 0.6 is 0 Å². The van der Waals surface area contributed by atoms with Crippen LogP contribution in [-0.2, 0) is 9.47 Å². The highest BCUT2D eigenvalue weighted by Crippen LogP contribution is 2.43. The zero-order valence-corrected chi connectivity index (χ0v) is 12.3. The second kappa shape index (κ2) is 6.04. The van der Waals surface area contributed by atoms with E-state index in [0.717, 1.165) is 6.42 Å². The lowest BCUT2D eigenvalue weighted by atomic mass is 9.64. The van der Waals surface area contributed by atoms with Crippen molar-refractivity contribution in [2.45, 2.75) is 38.5 Å². The van der Waals surface area contributed by atoms with Gasteiger partial charge in [0.25, 0.3) is 0 Å². The quantitative estimate of drug-likeness (QED) is 0.856. The first-order valence-corrected chi connectivity index (χ1v) is 6.92. The number of hydrogen-bond donors (Lipinski definition) is 1. The maximum absolute atomic E-state index is 5.51. The van der Waals surface area contributed by atoms with Crippen LogP contribution in [0.25, 0.3) is 0 Å². The summed E-state index contributed by atoms with van der Waals surface area (Å²) >= 11 is 0. The van der Waals surface area contributed by atoms with E-state index in [-0.39, 0.29) is 11.5 Å². The largest absolute Gasteiger partial charge is 0.383 e. The number of hydrogen-bond acceptors (Lipinski definition) is 3. The van der Waals surface area contributed by atoms with Crippen LogP contribution in [-0.4, -0.2) is 33.0 Å². The van der Waals surface area contributed by atoms with Crippen LogP contribution in [0, 0.1) is 5.41 Å².